The Morgan fingerprint density at radius 3 is 2.91 bits per heavy atom. The molecule has 0 saturated heterocycles. The third-order valence-corrected chi connectivity index (χ3v) is 3.91. The van der Waals surface area contributed by atoms with E-state index < -0.39 is 0 Å². The first-order valence-corrected chi connectivity index (χ1v) is 7.91. The highest BCUT2D eigenvalue weighted by Crippen LogP contribution is 2.34. The van der Waals surface area contributed by atoms with E-state index in [4.69, 9.17) is 16.3 Å². The van der Waals surface area contributed by atoms with E-state index in [-0.39, 0.29) is 30.7 Å². The van der Waals surface area contributed by atoms with Gasteiger partial charge in [0.15, 0.2) is 0 Å². The summed E-state index contributed by atoms with van der Waals surface area (Å²) in [4.78, 5) is 25.8. The molecule has 120 valence electrons. The predicted octanol–water partition coefficient (Wildman–Crippen LogP) is 2.76. The number of nitrogens with zero attached hydrogens (tertiary/aromatic N) is 1. The Morgan fingerprint density at radius 2 is 2.18 bits per heavy atom. The summed E-state index contributed by atoms with van der Waals surface area (Å²) in [5, 5.41) is 3.41. The fraction of sp³-hybridized carbons (Fsp3) is 0.500. The van der Waals surface area contributed by atoms with Crippen LogP contribution in [0.15, 0.2) is 18.2 Å². The SMILES string of the molecule is CC[C@@H](C)NC(=O)CCC(=O)N1CCOc2ccc(Cl)cc21. The van der Waals surface area contributed by atoms with Crippen molar-refractivity contribution in [2.24, 2.45) is 0 Å². The minimum atomic E-state index is -0.0951. The monoisotopic (exact) mass is 324 g/mol. The van der Waals surface area contributed by atoms with Gasteiger partial charge in [-0.15, -0.1) is 0 Å². The largest absolute Gasteiger partial charge is 0.490 e. The molecular formula is C16H21ClN2O3. The van der Waals surface area contributed by atoms with Crippen LogP contribution in [0.25, 0.3) is 0 Å². The van der Waals surface area contributed by atoms with Crippen LogP contribution >= 0.6 is 11.6 Å². The lowest BCUT2D eigenvalue weighted by atomic mass is 10.2. The molecule has 2 rings (SSSR count). The molecule has 1 aliphatic heterocycles. The van der Waals surface area contributed by atoms with E-state index in [0.717, 1.165) is 6.42 Å². The van der Waals surface area contributed by atoms with Crippen molar-refractivity contribution >= 4 is 29.1 Å². The van der Waals surface area contributed by atoms with Gasteiger partial charge >= 0.3 is 0 Å². The standard InChI is InChI=1S/C16H21ClN2O3/c1-3-11(2)18-15(20)6-7-16(21)19-8-9-22-14-5-4-12(17)10-13(14)19/h4-5,10-11H,3,6-9H2,1-2H3,(H,18,20)/t11-/m1/s1. The molecule has 5 nitrogen and oxygen atoms in total. The number of ether oxygens (including phenoxy) is 1. The topological polar surface area (TPSA) is 58.6 Å². The lowest BCUT2D eigenvalue weighted by Crippen LogP contribution is -2.39. The van der Waals surface area contributed by atoms with E-state index >= 15 is 0 Å². The third kappa shape index (κ3) is 4.13. The smallest absolute Gasteiger partial charge is 0.227 e. The number of fused-ring (bicyclic) bond motifs is 1. The maximum absolute atomic E-state index is 12.4. The minimum absolute atomic E-state index is 0.0916. The van der Waals surface area contributed by atoms with Gasteiger partial charge in [0.2, 0.25) is 11.8 Å². The number of carbonyl (C=O) groups excluding carboxylic acids is 2. The molecule has 1 aromatic rings. The second kappa shape index (κ2) is 7.49. The molecule has 0 radical (unpaired) electrons. The number of anilines is 1. The zero-order chi connectivity index (χ0) is 16.1. The summed E-state index contributed by atoms with van der Waals surface area (Å²) in [6.07, 6.45) is 1.24. The van der Waals surface area contributed by atoms with E-state index in [0.29, 0.717) is 29.6 Å². The van der Waals surface area contributed by atoms with Crippen molar-refractivity contribution in [3.8, 4) is 5.75 Å². The quantitative estimate of drug-likeness (QED) is 0.906. The first-order valence-electron chi connectivity index (χ1n) is 7.53. The molecule has 0 saturated carbocycles. The maximum Gasteiger partial charge on any atom is 0.227 e. The Morgan fingerprint density at radius 1 is 1.41 bits per heavy atom. The summed E-state index contributed by atoms with van der Waals surface area (Å²) in [7, 11) is 0. The van der Waals surface area contributed by atoms with Gasteiger partial charge in [0.25, 0.3) is 0 Å². The molecule has 0 bridgehead atoms. The number of nitrogens with one attached hydrogen (secondary N) is 1. The third-order valence-electron chi connectivity index (χ3n) is 3.67. The Balaban J connectivity index is 1.97. The average Bonchev–Trinajstić information content (AvgIpc) is 2.51. The normalized spacial score (nSPS) is 14.8. The summed E-state index contributed by atoms with van der Waals surface area (Å²) in [5.41, 5.74) is 0.672. The van der Waals surface area contributed by atoms with Gasteiger partial charge in [-0.05, 0) is 31.5 Å². The molecule has 1 heterocycles. The van der Waals surface area contributed by atoms with Crippen molar-refractivity contribution in [2.45, 2.75) is 39.2 Å². The maximum atomic E-state index is 12.4. The Hall–Kier alpha value is -1.75. The minimum Gasteiger partial charge on any atom is -0.490 e. The van der Waals surface area contributed by atoms with Crippen LogP contribution in [0.5, 0.6) is 5.75 Å². The number of benzene rings is 1. The first kappa shape index (κ1) is 16.6. The Bertz CT molecular complexity index is 562. The van der Waals surface area contributed by atoms with Gasteiger partial charge in [0, 0.05) is 23.9 Å². The van der Waals surface area contributed by atoms with Crippen molar-refractivity contribution in [3.05, 3.63) is 23.2 Å². The van der Waals surface area contributed by atoms with Crippen molar-refractivity contribution in [2.75, 3.05) is 18.1 Å². The summed E-state index contributed by atoms with van der Waals surface area (Å²) in [6.45, 7) is 4.86. The summed E-state index contributed by atoms with van der Waals surface area (Å²) >= 11 is 5.99. The van der Waals surface area contributed by atoms with Gasteiger partial charge in [0.1, 0.15) is 12.4 Å². The number of hydrogen-bond donors (Lipinski definition) is 1. The van der Waals surface area contributed by atoms with E-state index in [1.165, 1.54) is 0 Å². The number of carbonyl (C=O) groups is 2. The fourth-order valence-electron chi connectivity index (χ4n) is 2.25. The first-order chi connectivity index (χ1) is 10.5. The molecule has 1 atom stereocenters. The van der Waals surface area contributed by atoms with Crippen molar-refractivity contribution < 1.29 is 14.3 Å². The second-order valence-corrected chi connectivity index (χ2v) is 5.82. The highest BCUT2D eigenvalue weighted by atomic mass is 35.5. The van der Waals surface area contributed by atoms with Gasteiger partial charge in [-0.1, -0.05) is 18.5 Å². The van der Waals surface area contributed by atoms with Crippen LogP contribution in [-0.2, 0) is 9.59 Å². The second-order valence-electron chi connectivity index (χ2n) is 5.38. The molecule has 0 fully saturated rings. The van der Waals surface area contributed by atoms with Gasteiger partial charge in [-0.25, -0.2) is 0 Å². The molecular weight excluding hydrogens is 304 g/mol. The molecule has 1 aromatic carbocycles. The Kier molecular flexibility index (Phi) is 5.66. The van der Waals surface area contributed by atoms with Crippen molar-refractivity contribution in [1.29, 1.82) is 0 Å². The predicted molar refractivity (Wildman–Crippen MR) is 86.4 cm³/mol. The van der Waals surface area contributed by atoms with Crippen LogP contribution in [0.1, 0.15) is 33.1 Å². The van der Waals surface area contributed by atoms with Gasteiger partial charge < -0.3 is 15.0 Å². The molecule has 0 unspecified atom stereocenters. The van der Waals surface area contributed by atoms with E-state index in [1.54, 1.807) is 23.1 Å². The van der Waals surface area contributed by atoms with Crippen LogP contribution < -0.4 is 15.0 Å². The number of hydrogen-bond acceptors (Lipinski definition) is 3. The van der Waals surface area contributed by atoms with Crippen LogP contribution in [0, 0.1) is 0 Å². The fourth-order valence-corrected chi connectivity index (χ4v) is 2.42. The van der Waals surface area contributed by atoms with Gasteiger partial charge in [-0.3, -0.25) is 9.59 Å². The molecule has 0 spiro atoms. The molecule has 1 N–H and O–H groups in total. The lowest BCUT2D eigenvalue weighted by Gasteiger charge is -2.29. The van der Waals surface area contributed by atoms with Crippen LogP contribution in [0.3, 0.4) is 0 Å². The number of halogens is 1. The van der Waals surface area contributed by atoms with Gasteiger partial charge in [-0.2, -0.15) is 0 Å². The van der Waals surface area contributed by atoms with E-state index in [2.05, 4.69) is 5.32 Å². The molecule has 1 aliphatic rings. The number of rotatable bonds is 5. The lowest BCUT2D eigenvalue weighted by molar-refractivity contribution is -0.125. The van der Waals surface area contributed by atoms with Crippen LogP contribution in [-0.4, -0.2) is 31.0 Å². The number of amides is 2. The molecule has 2 amide bonds. The summed E-state index contributed by atoms with van der Waals surface area (Å²) < 4.78 is 5.52. The zero-order valence-corrected chi connectivity index (χ0v) is 13.7. The average molecular weight is 325 g/mol. The highest BCUT2D eigenvalue weighted by molar-refractivity contribution is 6.31. The molecule has 6 heteroatoms. The molecule has 0 aliphatic carbocycles. The van der Waals surface area contributed by atoms with Crippen molar-refractivity contribution in [1.82, 2.24) is 5.32 Å². The Labute approximate surface area is 135 Å². The highest BCUT2D eigenvalue weighted by Gasteiger charge is 2.24. The molecule has 0 aromatic heterocycles. The van der Waals surface area contributed by atoms with Crippen LogP contribution in [0.4, 0.5) is 5.69 Å². The summed E-state index contributed by atoms with van der Waals surface area (Å²) in [6, 6.07) is 5.33. The van der Waals surface area contributed by atoms with Crippen molar-refractivity contribution in [3.63, 3.8) is 0 Å². The van der Waals surface area contributed by atoms with Gasteiger partial charge in [0.05, 0.1) is 12.2 Å². The zero-order valence-electron chi connectivity index (χ0n) is 12.9. The molecule has 22 heavy (non-hydrogen) atoms. The summed E-state index contributed by atoms with van der Waals surface area (Å²) in [5.74, 6) is 0.460. The van der Waals surface area contributed by atoms with Crippen LogP contribution in [0.2, 0.25) is 5.02 Å². The van der Waals surface area contributed by atoms with E-state index in [1.807, 2.05) is 13.8 Å². The van der Waals surface area contributed by atoms with E-state index in [9.17, 15) is 9.59 Å².